The van der Waals surface area contributed by atoms with Gasteiger partial charge in [0.25, 0.3) is 0 Å². The molecule has 0 unspecified atom stereocenters. The zero-order valence-corrected chi connectivity index (χ0v) is 12.1. The van der Waals surface area contributed by atoms with Gasteiger partial charge in [0.2, 0.25) is 0 Å². The van der Waals surface area contributed by atoms with Gasteiger partial charge >= 0.3 is 0 Å². The Morgan fingerprint density at radius 1 is 1.00 bits per heavy atom. The maximum Gasteiger partial charge on any atom is 0.131 e. The van der Waals surface area contributed by atoms with Gasteiger partial charge in [-0.2, -0.15) is 0 Å². The molecule has 104 valence electrons. The molecule has 0 saturated heterocycles. The van der Waals surface area contributed by atoms with Gasteiger partial charge in [-0.25, -0.2) is 0 Å². The molecule has 0 saturated carbocycles. The lowest BCUT2D eigenvalue weighted by Crippen LogP contribution is -1.92. The number of rotatable bonds is 5. The molecule has 0 aliphatic heterocycles. The number of methoxy groups -OCH3 is 2. The second-order valence-corrected chi connectivity index (χ2v) is 4.39. The lowest BCUT2D eigenvalue weighted by molar-refractivity contribution is 0.394. The fraction of sp³-hybridized carbons (Fsp3) is 0.235. The fourth-order valence-electron chi connectivity index (χ4n) is 1.89. The highest BCUT2D eigenvalue weighted by Gasteiger charge is 2.02. The van der Waals surface area contributed by atoms with Gasteiger partial charge < -0.3 is 9.47 Å². The maximum atomic E-state index is 5.34. The monoisotopic (exact) mass is 269 g/mol. The second-order valence-electron chi connectivity index (χ2n) is 4.39. The van der Waals surface area contributed by atoms with Crippen molar-refractivity contribution in [1.29, 1.82) is 0 Å². The third-order valence-corrected chi connectivity index (χ3v) is 3.14. The van der Waals surface area contributed by atoms with Crippen LogP contribution in [-0.4, -0.2) is 20.4 Å². The third-order valence-electron chi connectivity index (χ3n) is 3.14. The van der Waals surface area contributed by atoms with Crippen molar-refractivity contribution in [1.82, 2.24) is 0 Å². The molecule has 20 heavy (non-hydrogen) atoms. The average Bonchev–Trinajstić information content (AvgIpc) is 2.53. The van der Waals surface area contributed by atoms with Crippen molar-refractivity contribution in [2.24, 2.45) is 4.99 Å². The van der Waals surface area contributed by atoms with Crippen LogP contribution in [0.15, 0.2) is 47.5 Å². The average molecular weight is 269 g/mol. The Bertz CT molecular complexity index is 588. The summed E-state index contributed by atoms with van der Waals surface area (Å²) in [6.07, 6.45) is 2.84. The van der Waals surface area contributed by atoms with Crippen LogP contribution in [0.5, 0.6) is 11.5 Å². The minimum atomic E-state index is 0.748. The van der Waals surface area contributed by atoms with E-state index in [2.05, 4.69) is 24.0 Å². The molecule has 2 rings (SSSR count). The van der Waals surface area contributed by atoms with Gasteiger partial charge in [0.05, 0.1) is 19.9 Å². The predicted molar refractivity (Wildman–Crippen MR) is 82.6 cm³/mol. The summed E-state index contributed by atoms with van der Waals surface area (Å²) < 4.78 is 10.5. The zero-order chi connectivity index (χ0) is 14.4. The van der Waals surface area contributed by atoms with Crippen molar-refractivity contribution in [3.63, 3.8) is 0 Å². The summed E-state index contributed by atoms with van der Waals surface area (Å²) in [5, 5.41) is 0. The number of nitrogens with zero attached hydrogens (tertiary/aromatic N) is 1. The van der Waals surface area contributed by atoms with Crippen molar-refractivity contribution >= 4 is 11.9 Å². The van der Waals surface area contributed by atoms with Crippen molar-refractivity contribution in [2.45, 2.75) is 13.3 Å². The van der Waals surface area contributed by atoms with Crippen LogP contribution in [0.2, 0.25) is 0 Å². The van der Waals surface area contributed by atoms with E-state index in [1.54, 1.807) is 20.4 Å². The topological polar surface area (TPSA) is 30.8 Å². The van der Waals surface area contributed by atoms with Gasteiger partial charge in [-0.3, -0.25) is 4.99 Å². The van der Waals surface area contributed by atoms with Crippen LogP contribution in [-0.2, 0) is 6.42 Å². The van der Waals surface area contributed by atoms with Gasteiger partial charge in [0, 0.05) is 17.8 Å². The highest BCUT2D eigenvalue weighted by molar-refractivity contribution is 5.85. The van der Waals surface area contributed by atoms with Crippen molar-refractivity contribution in [2.75, 3.05) is 14.2 Å². The molecule has 0 amide bonds. The first-order valence-electron chi connectivity index (χ1n) is 6.62. The normalized spacial score (nSPS) is 10.8. The summed E-state index contributed by atoms with van der Waals surface area (Å²) in [6, 6.07) is 13.9. The van der Waals surface area contributed by atoms with Gasteiger partial charge in [0.1, 0.15) is 11.5 Å². The number of aliphatic imine (C=N–C) groups is 1. The van der Waals surface area contributed by atoms with Crippen LogP contribution in [0.3, 0.4) is 0 Å². The predicted octanol–water partition coefficient (Wildman–Crippen LogP) is 4.02. The van der Waals surface area contributed by atoms with E-state index >= 15 is 0 Å². The smallest absolute Gasteiger partial charge is 0.131 e. The number of ether oxygens (including phenoxy) is 2. The minimum absolute atomic E-state index is 0.748. The van der Waals surface area contributed by atoms with E-state index in [4.69, 9.17) is 9.47 Å². The molecule has 0 bridgehead atoms. The number of hydrogen-bond donors (Lipinski definition) is 0. The molecule has 0 aliphatic rings. The summed E-state index contributed by atoms with van der Waals surface area (Å²) in [6.45, 7) is 2.14. The molecule has 0 aromatic heterocycles. The van der Waals surface area contributed by atoms with Crippen LogP contribution in [0.1, 0.15) is 18.1 Å². The Hall–Kier alpha value is -2.29. The molecule has 0 spiro atoms. The summed E-state index contributed by atoms with van der Waals surface area (Å²) in [5.41, 5.74) is 3.17. The van der Waals surface area contributed by atoms with Crippen LogP contribution < -0.4 is 9.47 Å². The molecule has 3 nitrogen and oxygen atoms in total. The van der Waals surface area contributed by atoms with Gasteiger partial charge in [-0.1, -0.05) is 19.1 Å². The molecule has 0 atom stereocenters. The van der Waals surface area contributed by atoms with E-state index < -0.39 is 0 Å². The first-order chi connectivity index (χ1) is 9.76. The van der Waals surface area contributed by atoms with E-state index in [0.29, 0.717) is 0 Å². The van der Waals surface area contributed by atoms with Crippen LogP contribution >= 0.6 is 0 Å². The first-order valence-corrected chi connectivity index (χ1v) is 6.62. The van der Waals surface area contributed by atoms with E-state index in [1.807, 2.05) is 30.3 Å². The van der Waals surface area contributed by atoms with Crippen LogP contribution in [0.4, 0.5) is 5.69 Å². The van der Waals surface area contributed by atoms with Crippen molar-refractivity contribution in [3.8, 4) is 11.5 Å². The van der Waals surface area contributed by atoms with E-state index in [9.17, 15) is 0 Å². The Morgan fingerprint density at radius 3 is 2.35 bits per heavy atom. The Kier molecular flexibility index (Phi) is 4.77. The Morgan fingerprint density at radius 2 is 1.75 bits per heavy atom. The number of benzene rings is 2. The molecule has 2 aromatic rings. The number of hydrogen-bond acceptors (Lipinski definition) is 3. The molecular weight excluding hydrogens is 250 g/mol. The Labute approximate surface area is 119 Å². The Balaban J connectivity index is 2.21. The second kappa shape index (κ2) is 6.75. The highest BCUT2D eigenvalue weighted by atomic mass is 16.5. The lowest BCUT2D eigenvalue weighted by Gasteiger charge is -2.06. The van der Waals surface area contributed by atoms with Crippen molar-refractivity contribution < 1.29 is 9.47 Å². The van der Waals surface area contributed by atoms with Crippen molar-refractivity contribution in [3.05, 3.63) is 53.6 Å². The maximum absolute atomic E-state index is 5.34. The van der Waals surface area contributed by atoms with Gasteiger partial charge in [-0.15, -0.1) is 0 Å². The molecule has 0 heterocycles. The summed E-state index contributed by atoms with van der Waals surface area (Å²) in [5.74, 6) is 1.52. The molecule has 0 fully saturated rings. The molecular formula is C17H19NO2. The summed E-state index contributed by atoms with van der Waals surface area (Å²) in [4.78, 5) is 4.47. The van der Waals surface area contributed by atoms with E-state index in [0.717, 1.165) is 29.2 Å². The first kappa shape index (κ1) is 14.1. The van der Waals surface area contributed by atoms with Gasteiger partial charge in [-0.05, 0) is 36.2 Å². The molecule has 0 N–H and O–H groups in total. The number of aryl methyl sites for hydroxylation is 1. The lowest BCUT2D eigenvalue weighted by atomic mass is 10.1. The van der Waals surface area contributed by atoms with Gasteiger partial charge in [0.15, 0.2) is 0 Å². The minimum Gasteiger partial charge on any atom is -0.497 e. The third kappa shape index (κ3) is 3.38. The largest absolute Gasteiger partial charge is 0.497 e. The van der Waals surface area contributed by atoms with E-state index in [1.165, 1.54) is 5.56 Å². The quantitative estimate of drug-likeness (QED) is 0.768. The highest BCUT2D eigenvalue weighted by Crippen LogP contribution is 2.24. The standard InChI is InChI=1S/C17H19NO2/c1-4-13-5-8-15(9-6-13)18-12-14-7-10-16(19-2)11-17(14)20-3/h5-12H,4H2,1-3H3. The van der Waals surface area contributed by atoms with Crippen LogP contribution in [0.25, 0.3) is 0 Å². The SMILES string of the molecule is CCc1ccc(N=Cc2ccc(OC)cc2OC)cc1. The summed E-state index contributed by atoms with van der Waals surface area (Å²) in [7, 11) is 3.28. The molecule has 0 aliphatic carbocycles. The zero-order valence-electron chi connectivity index (χ0n) is 12.1. The molecule has 3 heteroatoms. The van der Waals surface area contributed by atoms with E-state index in [-0.39, 0.29) is 0 Å². The molecule has 0 radical (unpaired) electrons. The fourth-order valence-corrected chi connectivity index (χ4v) is 1.89. The summed E-state index contributed by atoms with van der Waals surface area (Å²) >= 11 is 0. The molecule has 2 aromatic carbocycles. The van der Waals surface area contributed by atoms with Crippen LogP contribution in [0, 0.1) is 0 Å².